The van der Waals surface area contributed by atoms with E-state index >= 15 is 0 Å². The molecule has 0 aromatic carbocycles. The molecule has 0 aromatic heterocycles. The standard InChI is InChI=1S/C24H36N2O5/c1-5-26-23(29)17-10-9-16-18(13-19(27)22(28)20(16)21(17)24(26)30)25-31-12-11-15(4)8-6-7-14(2)3/h7,11,16-17,19-22,27-28H,5-6,8-10,12-13H2,1-4H3/b15-11+,25-18+/t16-,17-,19-,20+,21-,22-/m1/s1. The molecule has 3 rings (SSSR count). The SMILES string of the molecule is CCN1C(=O)[C@H]2[C@H]3[C@H](O)[C@H](O)C/C(=N\OC/C=C(\C)CCC=C(C)C)[C@H]3CC[C@H]2C1=O. The molecule has 1 saturated heterocycles. The lowest BCUT2D eigenvalue weighted by Crippen LogP contribution is -2.54. The summed E-state index contributed by atoms with van der Waals surface area (Å²) in [6.45, 7) is 8.70. The zero-order chi connectivity index (χ0) is 22.7. The molecule has 3 fully saturated rings. The maximum Gasteiger partial charge on any atom is 0.233 e. The van der Waals surface area contributed by atoms with Crippen molar-refractivity contribution in [1.29, 1.82) is 0 Å². The summed E-state index contributed by atoms with van der Waals surface area (Å²) in [5.41, 5.74) is 3.22. The van der Waals surface area contributed by atoms with Gasteiger partial charge in [-0.3, -0.25) is 14.5 Å². The molecule has 2 aliphatic carbocycles. The number of oxime groups is 1. The van der Waals surface area contributed by atoms with Gasteiger partial charge in [0.05, 0.1) is 29.8 Å². The van der Waals surface area contributed by atoms with Crippen LogP contribution in [0, 0.1) is 23.7 Å². The van der Waals surface area contributed by atoms with Gasteiger partial charge in [-0.2, -0.15) is 0 Å². The van der Waals surface area contributed by atoms with Crippen LogP contribution in [0.25, 0.3) is 0 Å². The number of nitrogens with zero attached hydrogens (tertiary/aromatic N) is 2. The second-order valence-corrected chi connectivity index (χ2v) is 9.33. The Labute approximate surface area is 184 Å². The highest BCUT2D eigenvalue weighted by atomic mass is 16.6. The molecule has 1 aliphatic heterocycles. The molecule has 31 heavy (non-hydrogen) atoms. The van der Waals surface area contributed by atoms with Gasteiger partial charge in [0, 0.05) is 24.8 Å². The molecule has 6 atom stereocenters. The van der Waals surface area contributed by atoms with Crippen molar-refractivity contribution in [2.24, 2.45) is 28.8 Å². The zero-order valence-electron chi connectivity index (χ0n) is 19.1. The second kappa shape index (κ2) is 10.1. The van der Waals surface area contributed by atoms with Crippen molar-refractivity contribution < 1.29 is 24.6 Å². The van der Waals surface area contributed by atoms with Gasteiger partial charge in [0.25, 0.3) is 0 Å². The third-order valence-corrected chi connectivity index (χ3v) is 6.97. The number of aliphatic hydroxyl groups excluding tert-OH is 2. The normalized spacial score (nSPS) is 34.6. The van der Waals surface area contributed by atoms with E-state index in [9.17, 15) is 19.8 Å². The Morgan fingerprint density at radius 2 is 1.84 bits per heavy atom. The van der Waals surface area contributed by atoms with Crippen molar-refractivity contribution in [2.75, 3.05) is 13.2 Å². The molecule has 0 spiro atoms. The first-order valence-electron chi connectivity index (χ1n) is 11.4. The Morgan fingerprint density at radius 1 is 1.13 bits per heavy atom. The van der Waals surface area contributed by atoms with E-state index in [1.54, 1.807) is 6.92 Å². The first kappa shape index (κ1) is 23.7. The van der Waals surface area contributed by atoms with E-state index in [1.807, 2.05) is 6.08 Å². The van der Waals surface area contributed by atoms with Gasteiger partial charge in [-0.25, -0.2) is 0 Å². The molecule has 1 heterocycles. The van der Waals surface area contributed by atoms with Crippen LogP contribution in [0.4, 0.5) is 0 Å². The van der Waals surface area contributed by atoms with Crippen molar-refractivity contribution in [3.63, 3.8) is 0 Å². The van der Waals surface area contributed by atoms with Gasteiger partial charge in [-0.15, -0.1) is 0 Å². The Bertz CT molecular complexity index is 783. The van der Waals surface area contributed by atoms with Gasteiger partial charge in [-0.1, -0.05) is 22.4 Å². The topological polar surface area (TPSA) is 99.4 Å². The van der Waals surface area contributed by atoms with Gasteiger partial charge in [-0.05, 0) is 59.5 Å². The molecular formula is C24H36N2O5. The van der Waals surface area contributed by atoms with Crippen LogP contribution in [0.5, 0.6) is 0 Å². The van der Waals surface area contributed by atoms with Gasteiger partial charge < -0.3 is 15.1 Å². The maximum absolute atomic E-state index is 12.9. The summed E-state index contributed by atoms with van der Waals surface area (Å²) < 4.78 is 0. The Balaban J connectivity index is 1.69. The Morgan fingerprint density at radius 3 is 2.52 bits per heavy atom. The molecule has 2 N–H and O–H groups in total. The number of allylic oxidation sites excluding steroid dienone is 3. The van der Waals surface area contributed by atoms with E-state index in [2.05, 4.69) is 32.0 Å². The lowest BCUT2D eigenvalue weighted by atomic mass is 9.60. The molecule has 2 saturated carbocycles. The van der Waals surface area contributed by atoms with E-state index < -0.39 is 30.0 Å². The Kier molecular flexibility index (Phi) is 7.70. The molecule has 7 nitrogen and oxygen atoms in total. The average Bonchev–Trinajstić information content (AvgIpc) is 2.97. The summed E-state index contributed by atoms with van der Waals surface area (Å²) in [4.78, 5) is 32.3. The fraction of sp³-hybridized carbons (Fsp3) is 0.708. The fourth-order valence-corrected chi connectivity index (χ4v) is 5.34. The monoisotopic (exact) mass is 432 g/mol. The number of amides is 2. The van der Waals surface area contributed by atoms with Crippen molar-refractivity contribution in [3.05, 3.63) is 23.3 Å². The molecule has 0 aromatic rings. The van der Waals surface area contributed by atoms with Crippen molar-refractivity contribution in [3.8, 4) is 0 Å². The molecule has 0 radical (unpaired) electrons. The minimum Gasteiger partial charge on any atom is -0.392 e. The fourth-order valence-electron chi connectivity index (χ4n) is 5.34. The van der Waals surface area contributed by atoms with Crippen LogP contribution in [0.15, 0.2) is 28.5 Å². The largest absolute Gasteiger partial charge is 0.392 e. The van der Waals surface area contributed by atoms with Crippen LogP contribution in [-0.2, 0) is 14.4 Å². The third-order valence-electron chi connectivity index (χ3n) is 6.97. The summed E-state index contributed by atoms with van der Waals surface area (Å²) in [5.74, 6) is -2.02. The van der Waals surface area contributed by atoms with Gasteiger partial charge >= 0.3 is 0 Å². The number of fused-ring (bicyclic) bond motifs is 3. The number of likely N-dealkylation sites (tertiary alicyclic amines) is 1. The summed E-state index contributed by atoms with van der Waals surface area (Å²) in [6.07, 6.45) is 5.60. The summed E-state index contributed by atoms with van der Waals surface area (Å²) in [7, 11) is 0. The third kappa shape index (κ3) is 4.93. The van der Waals surface area contributed by atoms with Crippen molar-refractivity contribution in [2.45, 2.75) is 72.0 Å². The number of aliphatic hydroxyl groups is 2. The van der Waals surface area contributed by atoms with Crippen LogP contribution in [0.3, 0.4) is 0 Å². The quantitative estimate of drug-likeness (QED) is 0.279. The van der Waals surface area contributed by atoms with Gasteiger partial charge in [0.2, 0.25) is 11.8 Å². The molecule has 2 amide bonds. The van der Waals surface area contributed by atoms with Gasteiger partial charge in [0.15, 0.2) is 0 Å². The average molecular weight is 433 g/mol. The van der Waals surface area contributed by atoms with E-state index in [0.717, 1.165) is 12.8 Å². The predicted octanol–water partition coefficient (Wildman–Crippen LogP) is 2.82. The van der Waals surface area contributed by atoms with Gasteiger partial charge in [0.1, 0.15) is 6.61 Å². The predicted molar refractivity (Wildman–Crippen MR) is 118 cm³/mol. The van der Waals surface area contributed by atoms with Crippen LogP contribution >= 0.6 is 0 Å². The summed E-state index contributed by atoms with van der Waals surface area (Å²) >= 11 is 0. The lowest BCUT2D eigenvalue weighted by molar-refractivity contribution is -0.141. The second-order valence-electron chi connectivity index (χ2n) is 9.33. The molecular weight excluding hydrogens is 396 g/mol. The van der Waals surface area contributed by atoms with Crippen LogP contribution < -0.4 is 0 Å². The molecule has 7 heteroatoms. The minimum atomic E-state index is -1.04. The molecule has 0 bridgehead atoms. The molecule has 3 aliphatic rings. The van der Waals surface area contributed by atoms with Crippen LogP contribution in [0.2, 0.25) is 0 Å². The molecule has 172 valence electrons. The van der Waals surface area contributed by atoms with E-state index in [-0.39, 0.29) is 24.2 Å². The highest BCUT2D eigenvalue weighted by molar-refractivity contribution is 6.06. The van der Waals surface area contributed by atoms with Crippen LogP contribution in [0.1, 0.15) is 59.8 Å². The minimum absolute atomic E-state index is 0.147. The van der Waals surface area contributed by atoms with Crippen LogP contribution in [-0.4, -0.2) is 58.0 Å². The zero-order valence-corrected chi connectivity index (χ0v) is 19.1. The van der Waals surface area contributed by atoms with E-state index in [0.29, 0.717) is 31.7 Å². The number of rotatable bonds is 7. The highest BCUT2D eigenvalue weighted by Crippen LogP contribution is 2.49. The number of hydrogen-bond acceptors (Lipinski definition) is 6. The smallest absolute Gasteiger partial charge is 0.233 e. The van der Waals surface area contributed by atoms with Crippen molar-refractivity contribution in [1.82, 2.24) is 4.90 Å². The van der Waals surface area contributed by atoms with Crippen molar-refractivity contribution >= 4 is 17.5 Å². The molecule has 0 unspecified atom stereocenters. The highest BCUT2D eigenvalue weighted by Gasteiger charge is 2.59. The Hall–Kier alpha value is -1.99. The summed E-state index contributed by atoms with van der Waals surface area (Å²) in [6, 6.07) is 0. The lowest BCUT2D eigenvalue weighted by Gasteiger charge is -2.45. The number of carbonyl (C=O) groups is 2. The van der Waals surface area contributed by atoms with E-state index in [1.165, 1.54) is 16.0 Å². The summed E-state index contributed by atoms with van der Waals surface area (Å²) in [5, 5.41) is 25.5. The van der Waals surface area contributed by atoms with E-state index in [4.69, 9.17) is 4.84 Å². The number of hydrogen-bond donors (Lipinski definition) is 2. The first-order valence-corrected chi connectivity index (χ1v) is 11.4. The number of carbonyl (C=O) groups excluding carboxylic acids is 2. The maximum atomic E-state index is 12.9. The number of imide groups is 1. The first-order chi connectivity index (χ1) is 14.8.